The minimum atomic E-state index is -0.221. The molecule has 24 heavy (non-hydrogen) atoms. The van der Waals surface area contributed by atoms with Crippen LogP contribution >= 0.6 is 0 Å². The first-order chi connectivity index (χ1) is 11.5. The average Bonchev–Trinajstić information content (AvgIpc) is 2.60. The van der Waals surface area contributed by atoms with Crippen molar-refractivity contribution in [3.8, 4) is 0 Å². The Morgan fingerprint density at radius 2 is 1.88 bits per heavy atom. The Kier molecular flexibility index (Phi) is 5.94. The van der Waals surface area contributed by atoms with E-state index < -0.39 is 0 Å². The van der Waals surface area contributed by atoms with Crippen LogP contribution < -0.4 is 5.32 Å². The Hall–Kier alpha value is -1.94. The molecule has 130 valence electrons. The predicted molar refractivity (Wildman–Crippen MR) is 98.0 cm³/mol. The fraction of sp³-hybridized carbons (Fsp3) is 0.500. The van der Waals surface area contributed by atoms with Crippen LogP contribution in [0.25, 0.3) is 10.9 Å². The molecule has 0 aliphatic heterocycles. The van der Waals surface area contributed by atoms with Crippen molar-refractivity contribution in [3.05, 3.63) is 41.1 Å². The maximum Gasteiger partial charge on any atom is 0.224 e. The zero-order chi connectivity index (χ0) is 17.7. The third-order valence-electron chi connectivity index (χ3n) is 5.32. The van der Waals surface area contributed by atoms with Crippen molar-refractivity contribution in [3.63, 3.8) is 0 Å². The Bertz CT molecular complexity index is 713. The Balaban J connectivity index is 2.16. The monoisotopic (exact) mass is 328 g/mol. The Labute approximate surface area is 144 Å². The number of carbonyl (C=O) groups is 1. The van der Waals surface area contributed by atoms with Crippen LogP contribution in [-0.4, -0.2) is 29.1 Å². The zero-order valence-electron chi connectivity index (χ0n) is 15.1. The highest BCUT2D eigenvalue weighted by Crippen LogP contribution is 2.25. The summed E-state index contributed by atoms with van der Waals surface area (Å²) in [5.74, 6) is -0.0157. The van der Waals surface area contributed by atoms with Gasteiger partial charge in [-0.3, -0.25) is 9.78 Å². The molecule has 1 heterocycles. The number of nitrogens with zero attached hydrogens (tertiary/aromatic N) is 1. The number of aromatic nitrogens is 1. The lowest BCUT2D eigenvalue weighted by molar-refractivity contribution is -0.121. The molecule has 0 aliphatic carbocycles. The molecular formula is C20H28N2O2. The van der Waals surface area contributed by atoms with Gasteiger partial charge in [0.15, 0.2) is 0 Å². The number of amides is 1. The van der Waals surface area contributed by atoms with E-state index in [1.54, 1.807) is 0 Å². The molecular weight excluding hydrogens is 300 g/mol. The van der Waals surface area contributed by atoms with E-state index in [9.17, 15) is 9.90 Å². The van der Waals surface area contributed by atoms with Crippen molar-refractivity contribution in [1.29, 1.82) is 0 Å². The van der Waals surface area contributed by atoms with Crippen molar-refractivity contribution >= 4 is 16.8 Å². The first-order valence-corrected chi connectivity index (χ1v) is 8.68. The molecule has 4 nitrogen and oxygen atoms in total. The second-order valence-electron chi connectivity index (χ2n) is 6.64. The van der Waals surface area contributed by atoms with E-state index in [1.807, 2.05) is 45.0 Å². The van der Waals surface area contributed by atoms with E-state index in [0.717, 1.165) is 40.6 Å². The quantitative estimate of drug-likeness (QED) is 0.819. The molecule has 0 atom stereocenters. The minimum absolute atomic E-state index is 0.0157. The number of aryl methyl sites for hydroxylation is 2. The van der Waals surface area contributed by atoms with Gasteiger partial charge in [0.05, 0.1) is 18.5 Å². The maximum atomic E-state index is 12.4. The second-order valence-corrected chi connectivity index (χ2v) is 6.64. The highest BCUT2D eigenvalue weighted by Gasteiger charge is 2.26. The van der Waals surface area contributed by atoms with Gasteiger partial charge in [0, 0.05) is 23.0 Å². The van der Waals surface area contributed by atoms with Crippen LogP contribution in [0.3, 0.4) is 0 Å². The molecule has 0 aliphatic rings. The topological polar surface area (TPSA) is 62.2 Å². The number of pyridine rings is 1. The normalized spacial score (nSPS) is 11.7. The Morgan fingerprint density at radius 3 is 2.50 bits per heavy atom. The van der Waals surface area contributed by atoms with Crippen molar-refractivity contribution in [2.24, 2.45) is 5.41 Å². The fourth-order valence-electron chi connectivity index (χ4n) is 3.12. The van der Waals surface area contributed by atoms with E-state index in [0.29, 0.717) is 13.0 Å². The largest absolute Gasteiger partial charge is 0.396 e. The molecule has 2 aromatic rings. The van der Waals surface area contributed by atoms with E-state index >= 15 is 0 Å². The fourth-order valence-corrected chi connectivity index (χ4v) is 3.12. The number of para-hydroxylation sites is 1. The summed E-state index contributed by atoms with van der Waals surface area (Å²) in [6, 6.07) is 8.01. The van der Waals surface area contributed by atoms with Crippen LogP contribution in [0.1, 0.15) is 43.5 Å². The van der Waals surface area contributed by atoms with Crippen LogP contribution in [-0.2, 0) is 11.2 Å². The summed E-state index contributed by atoms with van der Waals surface area (Å²) < 4.78 is 0. The molecule has 0 radical (unpaired) electrons. The highest BCUT2D eigenvalue weighted by atomic mass is 16.3. The van der Waals surface area contributed by atoms with Crippen molar-refractivity contribution in [2.75, 3.05) is 13.2 Å². The number of hydrogen-bond donors (Lipinski definition) is 2. The number of aliphatic hydroxyl groups excluding tert-OH is 1. The van der Waals surface area contributed by atoms with E-state index in [1.165, 1.54) is 0 Å². The van der Waals surface area contributed by atoms with Gasteiger partial charge in [0.1, 0.15) is 0 Å². The third-order valence-corrected chi connectivity index (χ3v) is 5.32. The van der Waals surface area contributed by atoms with Crippen molar-refractivity contribution < 1.29 is 9.90 Å². The molecule has 0 bridgehead atoms. The standard InChI is InChI=1S/C20H28N2O2/c1-5-20(6-2,13-23)12-21-19(24)11-17-14(3)16-9-7-8-10-18(16)22-15(17)4/h7-10,23H,5-6,11-13H2,1-4H3,(H,21,24). The average molecular weight is 328 g/mol. The van der Waals surface area contributed by atoms with Crippen LogP contribution in [0.15, 0.2) is 24.3 Å². The van der Waals surface area contributed by atoms with Gasteiger partial charge in [-0.1, -0.05) is 32.0 Å². The van der Waals surface area contributed by atoms with Gasteiger partial charge in [-0.15, -0.1) is 0 Å². The first-order valence-electron chi connectivity index (χ1n) is 8.68. The second kappa shape index (κ2) is 7.75. The van der Waals surface area contributed by atoms with E-state index in [4.69, 9.17) is 0 Å². The van der Waals surface area contributed by atoms with Gasteiger partial charge >= 0.3 is 0 Å². The molecule has 0 spiro atoms. The molecule has 0 saturated heterocycles. The molecule has 1 aromatic carbocycles. The predicted octanol–water partition coefficient (Wildman–Crippen LogP) is 3.31. The summed E-state index contributed by atoms with van der Waals surface area (Å²) >= 11 is 0. The van der Waals surface area contributed by atoms with Crippen LogP contribution in [0, 0.1) is 19.3 Å². The first kappa shape index (κ1) is 18.4. The SMILES string of the molecule is CCC(CC)(CO)CNC(=O)Cc1c(C)nc2ccccc2c1C. The summed E-state index contributed by atoms with van der Waals surface area (Å²) in [7, 11) is 0. The van der Waals surface area contributed by atoms with Crippen molar-refractivity contribution in [1.82, 2.24) is 10.3 Å². The molecule has 2 N–H and O–H groups in total. The molecule has 0 unspecified atom stereocenters. The lowest BCUT2D eigenvalue weighted by Gasteiger charge is -2.29. The number of benzene rings is 1. The van der Waals surface area contributed by atoms with Crippen molar-refractivity contribution in [2.45, 2.75) is 47.0 Å². The van der Waals surface area contributed by atoms with Gasteiger partial charge in [-0.05, 0) is 43.9 Å². The van der Waals surface area contributed by atoms with Crippen LogP contribution in [0.5, 0.6) is 0 Å². The third kappa shape index (κ3) is 3.75. The number of aliphatic hydroxyl groups is 1. The maximum absolute atomic E-state index is 12.4. The summed E-state index contributed by atoms with van der Waals surface area (Å²) in [5, 5.41) is 13.7. The van der Waals surface area contributed by atoms with Gasteiger partial charge in [0.2, 0.25) is 5.91 Å². The number of nitrogens with one attached hydrogen (secondary N) is 1. The lowest BCUT2D eigenvalue weighted by Crippen LogP contribution is -2.40. The lowest BCUT2D eigenvalue weighted by atomic mass is 9.83. The molecule has 0 fully saturated rings. The molecule has 4 heteroatoms. The van der Waals surface area contributed by atoms with E-state index in [-0.39, 0.29) is 17.9 Å². The summed E-state index contributed by atoms with van der Waals surface area (Å²) in [4.78, 5) is 17.1. The van der Waals surface area contributed by atoms with E-state index in [2.05, 4.69) is 17.2 Å². The number of rotatable bonds is 7. The molecule has 1 amide bonds. The molecule has 1 aromatic heterocycles. The van der Waals surface area contributed by atoms with Gasteiger partial charge in [-0.2, -0.15) is 0 Å². The van der Waals surface area contributed by atoms with Crippen LogP contribution in [0.4, 0.5) is 0 Å². The summed E-state index contributed by atoms with van der Waals surface area (Å²) in [6.07, 6.45) is 2.01. The number of fused-ring (bicyclic) bond motifs is 1. The van der Waals surface area contributed by atoms with Gasteiger partial charge in [-0.25, -0.2) is 0 Å². The Morgan fingerprint density at radius 1 is 1.21 bits per heavy atom. The van der Waals surface area contributed by atoms with Gasteiger partial charge in [0.25, 0.3) is 0 Å². The highest BCUT2D eigenvalue weighted by molar-refractivity contribution is 5.86. The summed E-state index contributed by atoms with van der Waals surface area (Å²) in [6.45, 7) is 8.71. The molecule has 2 rings (SSSR count). The smallest absolute Gasteiger partial charge is 0.224 e. The van der Waals surface area contributed by atoms with Crippen LogP contribution in [0.2, 0.25) is 0 Å². The number of carbonyl (C=O) groups excluding carboxylic acids is 1. The summed E-state index contributed by atoms with van der Waals surface area (Å²) in [5.41, 5.74) is 3.76. The molecule has 0 saturated carbocycles. The number of hydrogen-bond acceptors (Lipinski definition) is 3. The zero-order valence-corrected chi connectivity index (χ0v) is 15.1. The van der Waals surface area contributed by atoms with Gasteiger partial charge < -0.3 is 10.4 Å². The minimum Gasteiger partial charge on any atom is -0.396 e.